The molecule has 0 amide bonds. The molecule has 2 aliphatic rings. The fraction of sp³-hybridized carbons (Fsp3) is 0.733. The lowest BCUT2D eigenvalue weighted by molar-refractivity contribution is -0.260. The van der Waals surface area contributed by atoms with E-state index < -0.39 is 94.7 Å². The van der Waals surface area contributed by atoms with Crippen LogP contribution in [0.3, 0.4) is 0 Å². The number of phosphoric ester groups is 1. The van der Waals surface area contributed by atoms with Crippen LogP contribution in [0.1, 0.15) is 6.23 Å². The Balaban J connectivity index is 2.02. The van der Waals surface area contributed by atoms with E-state index in [0.717, 1.165) is 12.3 Å². The van der Waals surface area contributed by atoms with E-state index >= 15 is 0 Å². The second-order valence-electron chi connectivity index (χ2n) is 7.89. The molecule has 2 unspecified atom stereocenters. The van der Waals surface area contributed by atoms with E-state index in [1.54, 1.807) is 0 Å². The summed E-state index contributed by atoms with van der Waals surface area (Å²) in [6.45, 7) is -0.962. The number of hydrogen-bond acceptors (Lipinski definition) is 14. The van der Waals surface area contributed by atoms with Crippen molar-refractivity contribution < 1.29 is 72.8 Å². The summed E-state index contributed by atoms with van der Waals surface area (Å²) in [5.74, 6) is 0. The Morgan fingerprint density at radius 3 is 2.08 bits per heavy atom. The van der Waals surface area contributed by atoms with Gasteiger partial charge in [0.2, 0.25) is 0 Å². The number of nitrogens with zero attached hydrogens (tertiary/aromatic N) is 1. The molecule has 0 saturated carbocycles. The Bertz CT molecular complexity index is 1130. The maximum Gasteiger partial charge on any atom is 0.481 e. The highest BCUT2D eigenvalue weighted by atomic mass is 31.3. The molecular weight excluding hydrogens is 542 g/mol. The first-order valence-corrected chi connectivity index (χ1v) is 13.0. The Morgan fingerprint density at radius 2 is 1.53 bits per heavy atom. The molecule has 1 aromatic heterocycles. The zero-order chi connectivity index (χ0) is 27.2. The second-order valence-corrected chi connectivity index (χ2v) is 10.7. The lowest BCUT2D eigenvalue weighted by Gasteiger charge is -2.44. The predicted octanol–water partition coefficient (Wildman–Crippen LogP) is -5.41. The third-order valence-electron chi connectivity index (χ3n) is 5.44. The molecule has 0 bridgehead atoms. The van der Waals surface area contributed by atoms with Crippen LogP contribution in [0.5, 0.6) is 0 Å². The van der Waals surface area contributed by atoms with E-state index in [9.17, 15) is 54.3 Å². The van der Waals surface area contributed by atoms with E-state index in [1.165, 1.54) is 0 Å². The van der Waals surface area contributed by atoms with Gasteiger partial charge in [-0.05, 0) is 0 Å². The van der Waals surface area contributed by atoms with Crippen LogP contribution in [0.25, 0.3) is 0 Å². The summed E-state index contributed by atoms with van der Waals surface area (Å²) in [7, 11) is -11.5. The largest absolute Gasteiger partial charge is 0.481 e. The number of aromatic nitrogens is 2. The highest BCUT2D eigenvalue weighted by molar-refractivity contribution is 7.60. The number of ether oxygens (including phenoxy) is 2. The number of hydrogen-bond donors (Lipinski definition) is 10. The molecule has 0 aliphatic carbocycles. The topological polar surface area (TPSA) is 308 Å². The van der Waals surface area contributed by atoms with E-state index in [0.29, 0.717) is 4.57 Å². The van der Waals surface area contributed by atoms with Gasteiger partial charge in [0.1, 0.15) is 54.9 Å². The Labute approximate surface area is 199 Å². The lowest BCUT2D eigenvalue weighted by atomic mass is 9.89. The van der Waals surface area contributed by atoms with Crippen molar-refractivity contribution in [3.8, 4) is 0 Å². The number of aliphatic hydroxyl groups is 6. The van der Waals surface area contributed by atoms with Crippen molar-refractivity contribution in [2.45, 2.75) is 61.2 Å². The molecule has 0 radical (unpaired) electrons. The first-order chi connectivity index (χ1) is 16.6. The van der Waals surface area contributed by atoms with Crippen molar-refractivity contribution in [1.29, 1.82) is 0 Å². The highest BCUT2D eigenvalue weighted by Gasteiger charge is 2.57. The standard InChI is InChI=1S/C15H24N2O17P2/c18-3-4-6(20)7(21)8(22)11(31-4)13(33-36(29,30)34-35(26,27)28)12-9(23)10(24)14(32-12)17-2-1-5(19)16-15(17)25/h1-2,4,6-14,18,20-24H,3H2,(H,29,30)(H,16,19,25)(H2,26,27,28)/t4-,6-,7+,8-,9+,10-,11+,12+,13?,14-/m1/s1. The first kappa shape index (κ1) is 29.2. The average molecular weight is 566 g/mol. The number of nitrogens with one attached hydrogen (secondary N) is 1. The summed E-state index contributed by atoms with van der Waals surface area (Å²) >= 11 is 0. The smallest absolute Gasteiger partial charge is 0.394 e. The van der Waals surface area contributed by atoms with Crippen LogP contribution in [-0.2, 0) is 27.4 Å². The summed E-state index contributed by atoms with van der Waals surface area (Å²) in [6, 6.07) is 0.860. The van der Waals surface area contributed by atoms with Crippen molar-refractivity contribution >= 4 is 15.6 Å². The number of aromatic amines is 1. The van der Waals surface area contributed by atoms with Crippen molar-refractivity contribution in [3.63, 3.8) is 0 Å². The van der Waals surface area contributed by atoms with Crippen LogP contribution in [0, 0.1) is 0 Å². The van der Waals surface area contributed by atoms with E-state index in [4.69, 9.17) is 23.8 Å². The van der Waals surface area contributed by atoms with Gasteiger partial charge in [-0.25, -0.2) is 13.9 Å². The number of rotatable bonds is 8. The van der Waals surface area contributed by atoms with Crippen LogP contribution < -0.4 is 11.2 Å². The van der Waals surface area contributed by atoms with Crippen LogP contribution in [0.2, 0.25) is 0 Å². The number of phosphoric acid groups is 2. The number of H-pyrrole nitrogens is 1. The van der Waals surface area contributed by atoms with Gasteiger partial charge in [-0.1, -0.05) is 0 Å². The van der Waals surface area contributed by atoms with E-state index in [-0.39, 0.29) is 0 Å². The first-order valence-electron chi connectivity index (χ1n) is 9.98. The predicted molar refractivity (Wildman–Crippen MR) is 109 cm³/mol. The molecule has 36 heavy (non-hydrogen) atoms. The van der Waals surface area contributed by atoms with Gasteiger partial charge < -0.3 is 54.8 Å². The molecular formula is C15H24N2O17P2. The zero-order valence-corrected chi connectivity index (χ0v) is 19.6. The molecule has 10 N–H and O–H groups in total. The Morgan fingerprint density at radius 1 is 0.944 bits per heavy atom. The van der Waals surface area contributed by atoms with Gasteiger partial charge in [0.15, 0.2) is 6.23 Å². The third kappa shape index (κ3) is 6.18. The molecule has 19 nitrogen and oxygen atoms in total. The summed E-state index contributed by atoms with van der Waals surface area (Å²) < 4.78 is 43.1. The molecule has 2 fully saturated rings. The highest BCUT2D eigenvalue weighted by Crippen LogP contribution is 2.59. The molecule has 3 rings (SSSR count). The molecule has 1 aromatic rings. The van der Waals surface area contributed by atoms with Crippen molar-refractivity contribution in [3.05, 3.63) is 33.1 Å². The monoisotopic (exact) mass is 566 g/mol. The van der Waals surface area contributed by atoms with Gasteiger partial charge in [0.25, 0.3) is 5.56 Å². The molecule has 3 heterocycles. The number of aliphatic hydroxyl groups excluding tert-OH is 6. The van der Waals surface area contributed by atoms with Gasteiger partial charge >= 0.3 is 21.3 Å². The molecule has 2 aliphatic heterocycles. The van der Waals surface area contributed by atoms with Gasteiger partial charge in [0, 0.05) is 12.3 Å². The molecule has 0 aromatic carbocycles. The van der Waals surface area contributed by atoms with Crippen LogP contribution in [-0.4, -0.2) is 116 Å². The quantitative estimate of drug-likeness (QED) is 0.131. The fourth-order valence-electron chi connectivity index (χ4n) is 3.83. The molecule has 0 spiro atoms. The van der Waals surface area contributed by atoms with Gasteiger partial charge in [-0.3, -0.25) is 18.9 Å². The minimum atomic E-state index is -5.78. The summed E-state index contributed by atoms with van der Waals surface area (Å²) in [6.07, 6.45) is -19.2. The van der Waals surface area contributed by atoms with Crippen LogP contribution in [0.15, 0.2) is 21.9 Å². The van der Waals surface area contributed by atoms with E-state index in [1.807, 2.05) is 4.98 Å². The summed E-state index contributed by atoms with van der Waals surface area (Å²) in [5.41, 5.74) is -1.93. The Kier molecular flexibility index (Phi) is 8.73. The molecule has 11 atom stereocenters. The lowest BCUT2D eigenvalue weighted by Crippen LogP contribution is -2.64. The normalized spacial score (nSPS) is 38.0. The maximum atomic E-state index is 12.3. The van der Waals surface area contributed by atoms with E-state index in [2.05, 4.69) is 4.31 Å². The summed E-state index contributed by atoms with van der Waals surface area (Å²) in [4.78, 5) is 52.9. The molecule has 21 heteroatoms. The third-order valence-corrected chi connectivity index (χ3v) is 7.63. The van der Waals surface area contributed by atoms with Crippen molar-refractivity contribution in [1.82, 2.24) is 9.55 Å². The van der Waals surface area contributed by atoms with Crippen molar-refractivity contribution in [2.24, 2.45) is 0 Å². The van der Waals surface area contributed by atoms with Gasteiger partial charge in [-0.15, -0.1) is 0 Å². The second kappa shape index (κ2) is 10.8. The minimum Gasteiger partial charge on any atom is -0.394 e. The average Bonchev–Trinajstić information content (AvgIpc) is 3.04. The zero-order valence-electron chi connectivity index (χ0n) is 17.8. The van der Waals surface area contributed by atoms with Gasteiger partial charge in [0.05, 0.1) is 6.61 Å². The molecule has 206 valence electrons. The van der Waals surface area contributed by atoms with Gasteiger partial charge in [-0.2, -0.15) is 4.31 Å². The molecule has 2 saturated heterocycles. The Hall–Kier alpha value is -1.38. The summed E-state index contributed by atoms with van der Waals surface area (Å²) in [5, 5.41) is 61.0. The fourth-order valence-corrected chi connectivity index (χ4v) is 5.61. The van der Waals surface area contributed by atoms with Crippen molar-refractivity contribution in [2.75, 3.05) is 6.61 Å². The maximum absolute atomic E-state index is 12.3. The minimum absolute atomic E-state index is 0.615. The van der Waals surface area contributed by atoms with Crippen LogP contribution in [0.4, 0.5) is 0 Å². The van der Waals surface area contributed by atoms with Crippen LogP contribution >= 0.6 is 15.6 Å². The SMILES string of the molecule is O=c1ccn([C@@H]2O[C@H](C(OP(=O)(O)OP(=O)(O)O)[C@H]3O[C@H](CO)[C@@H](O)[C@H](O)[C@H]3O)[C@@H](O)[C@H]2O)c(=O)[nH]1.